The Morgan fingerprint density at radius 3 is 2.26 bits per heavy atom. The van der Waals surface area contributed by atoms with Crippen LogP contribution >= 0.6 is 19.2 Å². The molecule has 3 heterocycles. The SMILES string of the molecule is CC(C)OC(=O)OCOP(=O)(COC[C@@H]1CC[C@H](n2ncc3c(N[C@@H](C)c4ccccc4)nc(Cl)nc32)O1)OCOC(=O)OC(C)C. The molecule has 0 bridgehead atoms. The van der Waals surface area contributed by atoms with Crippen LogP contribution in [-0.2, 0) is 42.0 Å². The van der Waals surface area contributed by atoms with Gasteiger partial charge in [-0.1, -0.05) is 30.3 Å². The van der Waals surface area contributed by atoms with Crippen LogP contribution in [-0.4, -0.2) is 76.9 Å². The van der Waals surface area contributed by atoms with Crippen molar-refractivity contribution in [2.24, 2.45) is 0 Å². The van der Waals surface area contributed by atoms with Crippen molar-refractivity contribution in [1.29, 1.82) is 0 Å². The van der Waals surface area contributed by atoms with Gasteiger partial charge in [0.2, 0.25) is 18.9 Å². The second-order valence-corrected chi connectivity index (χ2v) is 13.3. The summed E-state index contributed by atoms with van der Waals surface area (Å²) in [7, 11) is -4.10. The molecule has 0 radical (unpaired) electrons. The van der Waals surface area contributed by atoms with E-state index in [1.807, 2.05) is 37.3 Å². The largest absolute Gasteiger partial charge is 0.510 e. The van der Waals surface area contributed by atoms with Crippen molar-refractivity contribution < 1.29 is 51.6 Å². The molecule has 1 aromatic carbocycles. The van der Waals surface area contributed by atoms with Gasteiger partial charge in [-0.3, -0.25) is 13.6 Å². The number of hydrogen-bond donors (Lipinski definition) is 1. The van der Waals surface area contributed by atoms with Gasteiger partial charge in [-0.15, -0.1) is 0 Å². The third kappa shape index (κ3) is 11.0. The van der Waals surface area contributed by atoms with Crippen LogP contribution in [0.3, 0.4) is 0 Å². The van der Waals surface area contributed by atoms with Gasteiger partial charge in [0.05, 0.1) is 36.5 Å². The Morgan fingerprint density at radius 1 is 1.00 bits per heavy atom. The Labute approximate surface area is 276 Å². The Bertz CT molecular complexity index is 1490. The van der Waals surface area contributed by atoms with E-state index in [1.165, 1.54) is 0 Å². The maximum absolute atomic E-state index is 13.3. The lowest BCUT2D eigenvalue weighted by atomic mass is 10.1. The van der Waals surface area contributed by atoms with Crippen molar-refractivity contribution in [1.82, 2.24) is 19.7 Å². The van der Waals surface area contributed by atoms with Gasteiger partial charge >= 0.3 is 19.9 Å². The van der Waals surface area contributed by atoms with Crippen molar-refractivity contribution in [3.63, 3.8) is 0 Å². The molecule has 3 atom stereocenters. The van der Waals surface area contributed by atoms with Crippen LogP contribution in [0.5, 0.6) is 0 Å². The summed E-state index contributed by atoms with van der Waals surface area (Å²) in [5, 5.41) is 8.62. The smallest absolute Gasteiger partial charge is 0.432 e. The summed E-state index contributed by atoms with van der Waals surface area (Å²) in [4.78, 5) is 32.1. The minimum absolute atomic E-state index is 0.00996. The summed E-state index contributed by atoms with van der Waals surface area (Å²) >= 11 is 6.30. The van der Waals surface area contributed by atoms with Gasteiger partial charge in [0, 0.05) is 6.04 Å². The van der Waals surface area contributed by atoms with Crippen LogP contribution in [0.15, 0.2) is 36.5 Å². The van der Waals surface area contributed by atoms with Gasteiger partial charge < -0.3 is 33.7 Å². The first-order valence-electron chi connectivity index (χ1n) is 14.9. The van der Waals surface area contributed by atoms with Crippen molar-refractivity contribution in [2.45, 2.75) is 78.0 Å². The average molecular weight is 700 g/mol. The van der Waals surface area contributed by atoms with E-state index in [4.69, 9.17) is 49.1 Å². The number of carbonyl (C=O) groups is 2. The highest BCUT2D eigenvalue weighted by Gasteiger charge is 2.32. The third-order valence-electron chi connectivity index (χ3n) is 6.51. The summed E-state index contributed by atoms with van der Waals surface area (Å²) in [6, 6.07) is 9.86. The van der Waals surface area contributed by atoms with Crippen molar-refractivity contribution >= 4 is 48.4 Å². The zero-order valence-corrected chi connectivity index (χ0v) is 28.3. The van der Waals surface area contributed by atoms with Crippen LogP contribution in [0.25, 0.3) is 11.0 Å². The number of rotatable bonds is 16. The van der Waals surface area contributed by atoms with Gasteiger partial charge in [-0.05, 0) is 64.6 Å². The molecule has 0 spiro atoms. The first kappa shape index (κ1) is 36.3. The number of hydrogen-bond acceptors (Lipinski definition) is 15. The van der Waals surface area contributed by atoms with E-state index in [1.54, 1.807) is 38.6 Å². The van der Waals surface area contributed by atoms with E-state index in [0.717, 1.165) is 5.56 Å². The number of halogens is 1. The van der Waals surface area contributed by atoms with Gasteiger partial charge in [0.1, 0.15) is 12.2 Å². The van der Waals surface area contributed by atoms with E-state index >= 15 is 0 Å². The average Bonchev–Trinajstić information content (AvgIpc) is 3.64. The van der Waals surface area contributed by atoms with Crippen molar-refractivity contribution in [3.8, 4) is 0 Å². The summed E-state index contributed by atoms with van der Waals surface area (Å²) in [6.45, 7) is 7.03. The molecule has 18 heteroatoms. The second-order valence-electron chi connectivity index (χ2n) is 11.0. The molecule has 1 aliphatic heterocycles. The highest BCUT2D eigenvalue weighted by Crippen LogP contribution is 2.48. The molecular formula is C29H39ClN5O11P. The van der Waals surface area contributed by atoms with E-state index < -0.39 is 64.4 Å². The number of nitrogens with one attached hydrogen (secondary N) is 1. The normalized spacial score (nSPS) is 17.2. The Hall–Kier alpha value is -3.53. The molecular weight excluding hydrogens is 661 g/mol. The number of anilines is 1. The Morgan fingerprint density at radius 2 is 1.64 bits per heavy atom. The van der Waals surface area contributed by atoms with Crippen LogP contribution < -0.4 is 5.32 Å². The molecule has 0 unspecified atom stereocenters. The fourth-order valence-electron chi connectivity index (χ4n) is 4.41. The van der Waals surface area contributed by atoms with Crippen molar-refractivity contribution in [2.75, 3.05) is 31.9 Å². The van der Waals surface area contributed by atoms with Crippen LogP contribution in [0.1, 0.15) is 65.3 Å². The van der Waals surface area contributed by atoms with Gasteiger partial charge in [0.15, 0.2) is 11.9 Å². The molecule has 1 fully saturated rings. The first-order valence-corrected chi connectivity index (χ1v) is 17.0. The number of aromatic nitrogens is 4. The lowest BCUT2D eigenvalue weighted by Crippen LogP contribution is -2.20. The molecule has 2 aromatic heterocycles. The van der Waals surface area contributed by atoms with E-state index in [9.17, 15) is 14.2 Å². The molecule has 1 N–H and O–H groups in total. The molecule has 3 aromatic rings. The molecule has 1 saturated heterocycles. The minimum atomic E-state index is -4.10. The molecule has 258 valence electrons. The van der Waals surface area contributed by atoms with E-state index in [0.29, 0.717) is 29.7 Å². The summed E-state index contributed by atoms with van der Waals surface area (Å²) in [5.74, 6) is 0.541. The van der Waals surface area contributed by atoms with E-state index in [-0.39, 0.29) is 17.9 Å². The third-order valence-corrected chi connectivity index (χ3v) is 8.17. The lowest BCUT2D eigenvalue weighted by Gasteiger charge is -2.20. The maximum atomic E-state index is 13.3. The highest BCUT2D eigenvalue weighted by atomic mass is 35.5. The Kier molecular flexibility index (Phi) is 13.2. The summed E-state index contributed by atoms with van der Waals surface area (Å²) < 4.78 is 56.4. The Balaban J connectivity index is 1.34. The molecule has 1 aliphatic rings. The number of nitrogens with zero attached hydrogens (tertiary/aromatic N) is 4. The van der Waals surface area contributed by atoms with Gasteiger partial charge in [0.25, 0.3) is 0 Å². The molecule has 4 rings (SSSR count). The van der Waals surface area contributed by atoms with Crippen LogP contribution in [0.4, 0.5) is 15.4 Å². The standard InChI is InChI=1S/C29H39ClN5O11P/c1-18(2)44-28(36)40-15-42-47(38,43-16-41-29(37)45-19(3)4)17-39-14-22-11-12-24(46-22)35-26-23(13-31-35)25(33-27(30)34-26)32-20(5)21-9-7-6-8-10-21/h6-10,13,18-20,22,24H,11-12,14-17H2,1-5H3,(H,32,33,34)/t20-,22-,24+/m0/s1. The predicted octanol–water partition coefficient (Wildman–Crippen LogP) is 6.57. The zero-order valence-electron chi connectivity index (χ0n) is 26.7. The number of benzene rings is 1. The number of ether oxygens (including phenoxy) is 6. The molecule has 47 heavy (non-hydrogen) atoms. The summed E-state index contributed by atoms with van der Waals surface area (Å²) in [6.07, 6.45) is -1.55. The van der Waals surface area contributed by atoms with E-state index in [2.05, 4.69) is 20.4 Å². The molecule has 0 saturated carbocycles. The van der Waals surface area contributed by atoms with Gasteiger partial charge in [-0.25, -0.2) is 14.3 Å². The molecule has 0 aliphatic carbocycles. The predicted molar refractivity (Wildman–Crippen MR) is 168 cm³/mol. The maximum Gasteiger partial charge on any atom is 0.510 e. The monoisotopic (exact) mass is 699 g/mol. The number of carbonyl (C=O) groups excluding carboxylic acids is 2. The fraction of sp³-hybridized carbons (Fsp3) is 0.552. The number of fused-ring (bicyclic) bond motifs is 1. The fourth-order valence-corrected chi connectivity index (χ4v) is 5.55. The topological polar surface area (TPSA) is 181 Å². The van der Waals surface area contributed by atoms with Crippen LogP contribution in [0.2, 0.25) is 5.28 Å². The lowest BCUT2D eigenvalue weighted by molar-refractivity contribution is -0.0487. The zero-order chi connectivity index (χ0) is 34.0. The molecule has 16 nitrogen and oxygen atoms in total. The van der Waals surface area contributed by atoms with Crippen molar-refractivity contribution in [3.05, 3.63) is 47.4 Å². The quantitative estimate of drug-likeness (QED) is 0.0733. The van der Waals surface area contributed by atoms with Gasteiger partial charge in [-0.2, -0.15) is 15.1 Å². The minimum Gasteiger partial charge on any atom is -0.432 e. The summed E-state index contributed by atoms with van der Waals surface area (Å²) in [5.41, 5.74) is 1.57. The van der Waals surface area contributed by atoms with Crippen LogP contribution in [0, 0.1) is 0 Å². The second kappa shape index (κ2) is 17.0. The highest BCUT2D eigenvalue weighted by molar-refractivity contribution is 7.53. The first-order chi connectivity index (χ1) is 22.4. The molecule has 0 amide bonds.